The van der Waals surface area contributed by atoms with Crippen molar-refractivity contribution in [2.75, 3.05) is 0 Å². The topological polar surface area (TPSA) is 0 Å². The molecule has 0 aliphatic rings. The van der Waals surface area contributed by atoms with E-state index in [0.29, 0.717) is 12.0 Å². The van der Waals surface area contributed by atoms with Gasteiger partial charge in [0.1, 0.15) is 0 Å². The van der Waals surface area contributed by atoms with Gasteiger partial charge in [-0.3, -0.25) is 0 Å². The van der Waals surface area contributed by atoms with Crippen molar-refractivity contribution in [3.8, 4) is 0 Å². The van der Waals surface area contributed by atoms with Crippen LogP contribution >= 0.6 is 0 Å². The van der Waals surface area contributed by atoms with Crippen LogP contribution in [-0.4, -0.2) is 0 Å². The zero-order valence-corrected chi connectivity index (χ0v) is 7.08. The summed E-state index contributed by atoms with van der Waals surface area (Å²) < 4.78 is 24.2. The monoisotopic (exact) mass is 160 g/mol. The van der Waals surface area contributed by atoms with Crippen LogP contribution in [0.2, 0.25) is 0 Å². The van der Waals surface area contributed by atoms with Gasteiger partial charge < -0.3 is 0 Å². The van der Waals surface area contributed by atoms with Gasteiger partial charge in [-0.2, -0.15) is 0 Å². The minimum absolute atomic E-state index is 0.405. The van der Waals surface area contributed by atoms with E-state index in [0.717, 1.165) is 0 Å². The molecular formula is C9H14F2. The number of hydrogen-bond donors (Lipinski definition) is 0. The highest BCUT2D eigenvalue weighted by Crippen LogP contribution is 2.17. The molecule has 0 amide bonds. The van der Waals surface area contributed by atoms with Crippen molar-refractivity contribution < 1.29 is 8.78 Å². The minimum atomic E-state index is -0.977. The van der Waals surface area contributed by atoms with Crippen molar-refractivity contribution in [1.29, 1.82) is 0 Å². The Kier molecular flexibility index (Phi) is 8.32. The van der Waals surface area contributed by atoms with Gasteiger partial charge in [-0.25, -0.2) is 8.78 Å². The molecule has 0 aliphatic heterocycles. The second-order valence-electron chi connectivity index (χ2n) is 1.85. The summed E-state index contributed by atoms with van der Waals surface area (Å²) in [5.41, 5.74) is 0.405. The Morgan fingerprint density at radius 3 is 1.73 bits per heavy atom. The predicted octanol–water partition coefficient (Wildman–Crippen LogP) is 3.93. The Balaban J connectivity index is 0. The zero-order chi connectivity index (χ0) is 9.44. The average molecular weight is 160 g/mol. The first-order chi connectivity index (χ1) is 5.09. The van der Waals surface area contributed by atoms with E-state index in [4.69, 9.17) is 0 Å². The molecule has 11 heavy (non-hydrogen) atoms. The zero-order valence-electron chi connectivity index (χ0n) is 7.08. The molecule has 64 valence electrons. The summed E-state index contributed by atoms with van der Waals surface area (Å²) in [6, 6.07) is 0. The van der Waals surface area contributed by atoms with Crippen molar-refractivity contribution in [2.45, 2.75) is 20.3 Å². The lowest BCUT2D eigenvalue weighted by molar-refractivity contribution is 0.537. The molecule has 0 aromatic heterocycles. The molecule has 0 aromatic carbocycles. The Labute approximate surface area is 66.9 Å². The third-order valence-electron chi connectivity index (χ3n) is 1.14. The summed E-state index contributed by atoms with van der Waals surface area (Å²) in [6.07, 6.45) is 0.523. The summed E-state index contributed by atoms with van der Waals surface area (Å²) in [5.74, 6) is -1.79. The molecule has 0 heterocycles. The fraction of sp³-hybridized carbons (Fsp3) is 0.333. The van der Waals surface area contributed by atoms with Crippen LogP contribution in [0.4, 0.5) is 8.78 Å². The molecule has 0 radical (unpaired) electrons. The smallest absolute Gasteiger partial charge is 0.157 e. The van der Waals surface area contributed by atoms with Gasteiger partial charge >= 0.3 is 0 Å². The van der Waals surface area contributed by atoms with Gasteiger partial charge in [-0.05, 0) is 18.9 Å². The third kappa shape index (κ3) is 5.52. The normalized spacial score (nSPS) is 10.9. The van der Waals surface area contributed by atoms with E-state index in [2.05, 4.69) is 19.7 Å². The maximum atomic E-state index is 12.3. The Hall–Kier alpha value is -0.920. The molecule has 0 saturated carbocycles. The molecule has 0 bridgehead atoms. The van der Waals surface area contributed by atoms with Crippen LogP contribution in [0.25, 0.3) is 0 Å². The summed E-state index contributed by atoms with van der Waals surface area (Å²) >= 11 is 0. The maximum Gasteiger partial charge on any atom is 0.157 e. The summed E-state index contributed by atoms with van der Waals surface area (Å²) in [7, 11) is 0. The molecule has 0 saturated heterocycles. The molecule has 2 heteroatoms. The van der Waals surface area contributed by atoms with E-state index in [1.807, 2.05) is 0 Å². The molecule has 0 spiro atoms. The van der Waals surface area contributed by atoms with E-state index < -0.39 is 11.7 Å². The molecule has 0 aromatic rings. The fourth-order valence-corrected chi connectivity index (χ4v) is 0.387. The lowest BCUT2D eigenvalue weighted by Gasteiger charge is -1.95. The Morgan fingerprint density at radius 1 is 1.27 bits per heavy atom. The quantitative estimate of drug-likeness (QED) is 0.424. The first-order valence-corrected chi connectivity index (χ1v) is 3.29. The van der Waals surface area contributed by atoms with Crippen molar-refractivity contribution in [2.24, 2.45) is 0 Å². The molecular weight excluding hydrogens is 146 g/mol. The summed E-state index contributed by atoms with van der Waals surface area (Å²) in [6.45, 7) is 12.1. The van der Waals surface area contributed by atoms with E-state index >= 15 is 0 Å². The number of halogens is 2. The Morgan fingerprint density at radius 2 is 1.64 bits per heavy atom. The molecule has 0 unspecified atom stereocenters. The van der Waals surface area contributed by atoms with Gasteiger partial charge in [0.2, 0.25) is 0 Å². The van der Waals surface area contributed by atoms with Crippen molar-refractivity contribution in [1.82, 2.24) is 0 Å². The first kappa shape index (κ1) is 12.7. The molecule has 0 atom stereocenters. The molecule has 0 nitrogen and oxygen atoms in total. The summed E-state index contributed by atoms with van der Waals surface area (Å²) in [5, 5.41) is 0. The molecule has 0 rings (SSSR count). The lowest BCUT2D eigenvalue weighted by atomic mass is 10.2. The van der Waals surface area contributed by atoms with E-state index in [-0.39, 0.29) is 0 Å². The summed E-state index contributed by atoms with van der Waals surface area (Å²) in [4.78, 5) is 0. The average Bonchev–Trinajstić information content (AvgIpc) is 2.05. The van der Waals surface area contributed by atoms with Gasteiger partial charge in [0.15, 0.2) is 11.7 Å². The van der Waals surface area contributed by atoms with Crippen LogP contribution in [0.5, 0.6) is 0 Å². The van der Waals surface area contributed by atoms with Gasteiger partial charge in [0, 0.05) is 0 Å². The highest BCUT2D eigenvalue weighted by molar-refractivity contribution is 5.20. The van der Waals surface area contributed by atoms with E-state index in [9.17, 15) is 8.78 Å². The maximum absolute atomic E-state index is 12.3. The second-order valence-corrected chi connectivity index (χ2v) is 1.85. The highest BCUT2D eigenvalue weighted by Gasteiger charge is 2.01. The van der Waals surface area contributed by atoms with E-state index in [1.165, 1.54) is 0 Å². The number of hydrogen-bond acceptors (Lipinski definition) is 0. The highest BCUT2D eigenvalue weighted by atomic mass is 19.2. The number of allylic oxidation sites excluding steroid dienone is 3. The van der Waals surface area contributed by atoms with E-state index in [1.54, 1.807) is 13.8 Å². The second kappa shape index (κ2) is 7.19. The Bertz CT molecular complexity index is 157. The minimum Gasteiger partial charge on any atom is -0.204 e. The van der Waals surface area contributed by atoms with Crippen LogP contribution in [0.15, 0.2) is 37.0 Å². The SMILES string of the molecule is C=C.C=C(F)/C(F)=C(\C)CC. The van der Waals surface area contributed by atoms with Gasteiger partial charge in [-0.15, -0.1) is 13.2 Å². The van der Waals surface area contributed by atoms with Crippen LogP contribution < -0.4 is 0 Å². The molecule has 0 fully saturated rings. The van der Waals surface area contributed by atoms with Crippen LogP contribution in [0.1, 0.15) is 20.3 Å². The van der Waals surface area contributed by atoms with Crippen molar-refractivity contribution in [3.05, 3.63) is 37.0 Å². The van der Waals surface area contributed by atoms with Gasteiger partial charge in [0.05, 0.1) is 0 Å². The van der Waals surface area contributed by atoms with Gasteiger partial charge in [0.25, 0.3) is 0 Å². The fourth-order valence-electron chi connectivity index (χ4n) is 0.387. The third-order valence-corrected chi connectivity index (χ3v) is 1.14. The molecule has 0 N–H and O–H groups in total. The van der Waals surface area contributed by atoms with Crippen molar-refractivity contribution in [3.63, 3.8) is 0 Å². The lowest BCUT2D eigenvalue weighted by Crippen LogP contribution is -1.79. The van der Waals surface area contributed by atoms with Crippen LogP contribution in [0.3, 0.4) is 0 Å². The van der Waals surface area contributed by atoms with Gasteiger partial charge in [-0.1, -0.05) is 13.5 Å². The largest absolute Gasteiger partial charge is 0.204 e. The van der Waals surface area contributed by atoms with Crippen LogP contribution in [-0.2, 0) is 0 Å². The van der Waals surface area contributed by atoms with Crippen LogP contribution in [0, 0.1) is 0 Å². The van der Waals surface area contributed by atoms with Crippen molar-refractivity contribution >= 4 is 0 Å². The first-order valence-electron chi connectivity index (χ1n) is 3.29. The standard InChI is InChI=1S/C7H10F2.C2H4/c1-4-5(2)7(9)6(3)8;1-2/h3-4H2,1-2H3;1-2H2/b7-5-;. The molecule has 0 aliphatic carbocycles. The predicted molar refractivity (Wildman–Crippen MR) is 45.6 cm³/mol. The number of rotatable bonds is 2.